The van der Waals surface area contributed by atoms with Gasteiger partial charge in [-0.15, -0.1) is 0 Å². The second-order valence-corrected chi connectivity index (χ2v) is 4.64. The monoisotopic (exact) mass is 205 g/mol. The van der Waals surface area contributed by atoms with Crippen molar-refractivity contribution in [2.75, 3.05) is 0 Å². The van der Waals surface area contributed by atoms with Crippen molar-refractivity contribution in [3.63, 3.8) is 0 Å². The minimum absolute atomic E-state index is 0.616. The van der Waals surface area contributed by atoms with E-state index in [1.807, 2.05) is 12.3 Å². The molecule has 1 aliphatic carbocycles. The zero-order chi connectivity index (χ0) is 10.7. The van der Waals surface area contributed by atoms with Gasteiger partial charge in [0.25, 0.3) is 0 Å². The van der Waals surface area contributed by atoms with Crippen LogP contribution in [-0.4, -0.2) is 10.1 Å². The molecule has 15 heavy (non-hydrogen) atoms. The summed E-state index contributed by atoms with van der Waals surface area (Å²) in [7, 11) is 0. The van der Waals surface area contributed by atoms with Crippen molar-refractivity contribution in [1.82, 2.24) is 4.98 Å². The molecule has 82 valence electrons. The molecule has 1 aromatic rings. The van der Waals surface area contributed by atoms with Crippen LogP contribution in [0.2, 0.25) is 0 Å². The molecule has 0 unspecified atom stereocenters. The Morgan fingerprint density at radius 1 is 1.20 bits per heavy atom. The highest BCUT2D eigenvalue weighted by atomic mass is 16.3. The molecule has 2 nitrogen and oxygen atoms in total. The van der Waals surface area contributed by atoms with E-state index in [0.717, 1.165) is 36.8 Å². The van der Waals surface area contributed by atoms with E-state index >= 15 is 0 Å². The average Bonchev–Trinajstić information content (AvgIpc) is 2.44. The van der Waals surface area contributed by atoms with Crippen LogP contribution in [0.25, 0.3) is 0 Å². The summed E-state index contributed by atoms with van der Waals surface area (Å²) < 4.78 is 0. The maximum Gasteiger partial charge on any atom is 0.0913 e. The molecular weight excluding hydrogens is 186 g/mol. The lowest BCUT2D eigenvalue weighted by Gasteiger charge is -2.28. The smallest absolute Gasteiger partial charge is 0.0913 e. The second kappa shape index (κ2) is 4.31. The summed E-state index contributed by atoms with van der Waals surface area (Å²) >= 11 is 0. The summed E-state index contributed by atoms with van der Waals surface area (Å²) in [4.78, 5) is 4.14. The molecule has 0 aliphatic heterocycles. The van der Waals surface area contributed by atoms with Gasteiger partial charge in [-0.05, 0) is 31.4 Å². The quantitative estimate of drug-likeness (QED) is 0.715. The van der Waals surface area contributed by atoms with Gasteiger partial charge < -0.3 is 5.11 Å². The molecule has 0 saturated heterocycles. The molecule has 0 amide bonds. The van der Waals surface area contributed by atoms with Gasteiger partial charge in [-0.3, -0.25) is 4.98 Å². The minimum atomic E-state index is -0.616. The number of aliphatic hydroxyl groups is 1. The first-order valence-corrected chi connectivity index (χ1v) is 5.86. The van der Waals surface area contributed by atoms with E-state index in [4.69, 9.17) is 0 Å². The van der Waals surface area contributed by atoms with Crippen molar-refractivity contribution in [1.29, 1.82) is 0 Å². The molecule has 2 heteroatoms. The predicted molar refractivity (Wildman–Crippen MR) is 60.6 cm³/mol. The van der Waals surface area contributed by atoms with E-state index in [-0.39, 0.29) is 0 Å². The number of pyridine rings is 1. The van der Waals surface area contributed by atoms with Crippen LogP contribution in [-0.2, 0) is 5.60 Å². The number of hydrogen-bond donors (Lipinski definition) is 1. The van der Waals surface area contributed by atoms with Gasteiger partial charge in [0.05, 0.1) is 5.60 Å². The fourth-order valence-electron chi connectivity index (χ4n) is 2.53. The van der Waals surface area contributed by atoms with Gasteiger partial charge in [0.15, 0.2) is 0 Å². The first-order chi connectivity index (χ1) is 7.22. The predicted octanol–water partition coefficient (Wildman–Crippen LogP) is 2.93. The molecule has 0 bridgehead atoms. The lowest BCUT2D eigenvalue weighted by atomic mass is 9.85. The van der Waals surface area contributed by atoms with Crippen LogP contribution in [0, 0.1) is 6.92 Å². The Hall–Kier alpha value is -0.890. The maximum absolute atomic E-state index is 10.7. The van der Waals surface area contributed by atoms with Gasteiger partial charge in [-0.2, -0.15) is 0 Å². The van der Waals surface area contributed by atoms with Gasteiger partial charge in [0.2, 0.25) is 0 Å². The Kier molecular flexibility index (Phi) is 3.06. The van der Waals surface area contributed by atoms with E-state index in [1.54, 1.807) is 6.20 Å². The van der Waals surface area contributed by atoms with Crippen LogP contribution in [0.4, 0.5) is 0 Å². The fraction of sp³-hybridized carbons (Fsp3) is 0.615. The normalized spacial score (nSPS) is 20.9. The van der Waals surface area contributed by atoms with Gasteiger partial charge >= 0.3 is 0 Å². The summed E-state index contributed by atoms with van der Waals surface area (Å²) in [6.07, 6.45) is 10.2. The summed E-state index contributed by atoms with van der Waals surface area (Å²) in [6.45, 7) is 2.06. The zero-order valence-corrected chi connectivity index (χ0v) is 9.37. The molecule has 0 spiro atoms. The molecule has 1 aromatic heterocycles. The SMILES string of the molecule is Cc1ccncc1C1(O)CCCCCC1. The molecule has 0 aromatic carbocycles. The molecule has 0 radical (unpaired) electrons. The summed E-state index contributed by atoms with van der Waals surface area (Å²) in [5.41, 5.74) is 1.58. The third-order valence-electron chi connectivity index (χ3n) is 3.47. The number of aromatic nitrogens is 1. The van der Waals surface area contributed by atoms with E-state index in [9.17, 15) is 5.11 Å². The number of hydrogen-bond acceptors (Lipinski definition) is 2. The van der Waals surface area contributed by atoms with E-state index < -0.39 is 5.60 Å². The molecular formula is C13H19NO. The van der Waals surface area contributed by atoms with Crippen molar-refractivity contribution in [3.8, 4) is 0 Å². The van der Waals surface area contributed by atoms with Crippen LogP contribution < -0.4 is 0 Å². The van der Waals surface area contributed by atoms with Crippen molar-refractivity contribution in [2.45, 2.75) is 51.0 Å². The summed E-state index contributed by atoms with van der Waals surface area (Å²) in [5, 5.41) is 10.7. The highest BCUT2D eigenvalue weighted by molar-refractivity contribution is 5.28. The zero-order valence-electron chi connectivity index (χ0n) is 9.37. The standard InChI is InChI=1S/C13H19NO/c1-11-6-9-14-10-12(11)13(15)7-4-2-3-5-8-13/h6,9-10,15H,2-5,7-8H2,1H3. The number of nitrogens with zero attached hydrogens (tertiary/aromatic N) is 1. The Morgan fingerprint density at radius 3 is 2.47 bits per heavy atom. The lowest BCUT2D eigenvalue weighted by molar-refractivity contribution is 0.0198. The lowest BCUT2D eigenvalue weighted by Crippen LogP contribution is -2.25. The molecule has 0 atom stereocenters. The van der Waals surface area contributed by atoms with E-state index in [2.05, 4.69) is 11.9 Å². The Morgan fingerprint density at radius 2 is 1.87 bits per heavy atom. The first kappa shape index (κ1) is 10.6. The van der Waals surface area contributed by atoms with Crippen LogP contribution in [0.3, 0.4) is 0 Å². The highest BCUT2D eigenvalue weighted by Crippen LogP contribution is 2.36. The minimum Gasteiger partial charge on any atom is -0.385 e. The third-order valence-corrected chi connectivity index (χ3v) is 3.47. The molecule has 1 N–H and O–H groups in total. The number of rotatable bonds is 1. The second-order valence-electron chi connectivity index (χ2n) is 4.64. The first-order valence-electron chi connectivity index (χ1n) is 5.86. The van der Waals surface area contributed by atoms with Crippen LogP contribution >= 0.6 is 0 Å². The van der Waals surface area contributed by atoms with Gasteiger partial charge in [0, 0.05) is 18.0 Å². The van der Waals surface area contributed by atoms with E-state index in [0.29, 0.717) is 0 Å². The van der Waals surface area contributed by atoms with Crippen molar-refractivity contribution in [3.05, 3.63) is 29.6 Å². The molecule has 1 aliphatic rings. The van der Waals surface area contributed by atoms with Crippen LogP contribution in [0.15, 0.2) is 18.5 Å². The maximum atomic E-state index is 10.7. The van der Waals surface area contributed by atoms with Crippen molar-refractivity contribution < 1.29 is 5.11 Å². The molecule has 1 heterocycles. The van der Waals surface area contributed by atoms with Gasteiger partial charge in [0.1, 0.15) is 0 Å². The molecule has 1 saturated carbocycles. The number of aryl methyl sites for hydroxylation is 1. The fourth-order valence-corrected chi connectivity index (χ4v) is 2.53. The van der Waals surface area contributed by atoms with Crippen LogP contribution in [0.5, 0.6) is 0 Å². The Balaban J connectivity index is 2.30. The van der Waals surface area contributed by atoms with Gasteiger partial charge in [-0.25, -0.2) is 0 Å². The molecule has 2 rings (SSSR count). The Bertz CT molecular complexity index is 327. The largest absolute Gasteiger partial charge is 0.385 e. The molecule has 1 fully saturated rings. The van der Waals surface area contributed by atoms with Gasteiger partial charge in [-0.1, -0.05) is 25.7 Å². The average molecular weight is 205 g/mol. The van der Waals surface area contributed by atoms with Crippen molar-refractivity contribution >= 4 is 0 Å². The Labute approximate surface area is 91.4 Å². The summed E-state index contributed by atoms with van der Waals surface area (Å²) in [6, 6.07) is 1.98. The highest BCUT2D eigenvalue weighted by Gasteiger charge is 2.31. The van der Waals surface area contributed by atoms with E-state index in [1.165, 1.54) is 12.8 Å². The third kappa shape index (κ3) is 2.20. The topological polar surface area (TPSA) is 33.1 Å². The van der Waals surface area contributed by atoms with Crippen LogP contribution in [0.1, 0.15) is 49.7 Å². The summed E-state index contributed by atoms with van der Waals surface area (Å²) in [5.74, 6) is 0. The van der Waals surface area contributed by atoms with Crippen molar-refractivity contribution in [2.24, 2.45) is 0 Å².